The first kappa shape index (κ1) is 13.0. The van der Waals surface area contributed by atoms with Crippen molar-refractivity contribution < 1.29 is 0 Å². The standard InChI is InChI=1S/C17H26N2/c1-2-6-15-13-19(12-11-18-15)17-10-5-8-14-7-3-4-9-16(14)17/h5,8,10,15,18H,2-4,6-7,9,11-13H2,1H3. The van der Waals surface area contributed by atoms with Crippen LogP contribution >= 0.6 is 0 Å². The molecule has 1 aliphatic carbocycles. The second-order valence-corrected chi connectivity index (χ2v) is 6.01. The number of nitrogens with zero attached hydrogens (tertiary/aromatic N) is 1. The molecule has 0 amide bonds. The van der Waals surface area contributed by atoms with E-state index in [0.717, 1.165) is 13.1 Å². The topological polar surface area (TPSA) is 15.3 Å². The summed E-state index contributed by atoms with van der Waals surface area (Å²) in [6, 6.07) is 7.62. The van der Waals surface area contributed by atoms with E-state index in [1.54, 1.807) is 11.1 Å². The first-order chi connectivity index (χ1) is 9.38. The van der Waals surface area contributed by atoms with Gasteiger partial charge in [-0.2, -0.15) is 0 Å². The summed E-state index contributed by atoms with van der Waals surface area (Å²) in [5.74, 6) is 0. The van der Waals surface area contributed by atoms with Gasteiger partial charge in [0, 0.05) is 31.4 Å². The molecule has 1 heterocycles. The van der Waals surface area contributed by atoms with Gasteiger partial charge in [-0.05, 0) is 49.3 Å². The fourth-order valence-electron chi connectivity index (χ4n) is 3.64. The van der Waals surface area contributed by atoms with Crippen molar-refractivity contribution >= 4 is 5.69 Å². The first-order valence-corrected chi connectivity index (χ1v) is 7.97. The summed E-state index contributed by atoms with van der Waals surface area (Å²) < 4.78 is 0. The number of fused-ring (bicyclic) bond motifs is 1. The van der Waals surface area contributed by atoms with E-state index in [9.17, 15) is 0 Å². The average molecular weight is 258 g/mol. The fourth-order valence-corrected chi connectivity index (χ4v) is 3.64. The third-order valence-corrected chi connectivity index (χ3v) is 4.60. The monoisotopic (exact) mass is 258 g/mol. The molecule has 1 saturated heterocycles. The Kier molecular flexibility index (Phi) is 4.07. The Morgan fingerprint density at radius 1 is 1.26 bits per heavy atom. The molecule has 1 N–H and O–H groups in total. The summed E-state index contributed by atoms with van der Waals surface area (Å²) in [5, 5.41) is 3.66. The maximum Gasteiger partial charge on any atom is 0.0402 e. The summed E-state index contributed by atoms with van der Waals surface area (Å²) in [4.78, 5) is 2.63. The van der Waals surface area contributed by atoms with E-state index in [1.807, 2.05) is 0 Å². The molecule has 1 aromatic carbocycles. The summed E-state index contributed by atoms with van der Waals surface area (Å²) in [5.41, 5.74) is 4.78. The third kappa shape index (κ3) is 2.79. The molecule has 2 aliphatic rings. The highest BCUT2D eigenvalue weighted by atomic mass is 15.2. The van der Waals surface area contributed by atoms with E-state index in [1.165, 1.54) is 50.8 Å². The number of hydrogen-bond acceptors (Lipinski definition) is 2. The lowest BCUT2D eigenvalue weighted by molar-refractivity contribution is 0.430. The van der Waals surface area contributed by atoms with Gasteiger partial charge in [0.05, 0.1) is 0 Å². The van der Waals surface area contributed by atoms with E-state index in [4.69, 9.17) is 0 Å². The van der Waals surface area contributed by atoms with Crippen LogP contribution in [0.2, 0.25) is 0 Å². The van der Waals surface area contributed by atoms with Crippen molar-refractivity contribution in [3.05, 3.63) is 29.3 Å². The smallest absolute Gasteiger partial charge is 0.0402 e. The summed E-state index contributed by atoms with van der Waals surface area (Å²) >= 11 is 0. The normalized spacial score (nSPS) is 23.2. The highest BCUT2D eigenvalue weighted by Gasteiger charge is 2.22. The number of rotatable bonds is 3. The van der Waals surface area contributed by atoms with Gasteiger partial charge in [0.1, 0.15) is 0 Å². The zero-order valence-corrected chi connectivity index (χ0v) is 12.1. The number of hydrogen-bond donors (Lipinski definition) is 1. The zero-order chi connectivity index (χ0) is 13.1. The van der Waals surface area contributed by atoms with Gasteiger partial charge >= 0.3 is 0 Å². The van der Waals surface area contributed by atoms with Crippen molar-refractivity contribution in [3.8, 4) is 0 Å². The van der Waals surface area contributed by atoms with Crippen LogP contribution in [-0.2, 0) is 12.8 Å². The molecule has 3 rings (SSSR count). The van der Waals surface area contributed by atoms with Crippen molar-refractivity contribution in [2.24, 2.45) is 0 Å². The minimum Gasteiger partial charge on any atom is -0.368 e. The molecule has 1 aromatic rings. The second-order valence-electron chi connectivity index (χ2n) is 6.01. The largest absolute Gasteiger partial charge is 0.368 e. The molecular formula is C17H26N2. The lowest BCUT2D eigenvalue weighted by Gasteiger charge is -2.37. The number of anilines is 1. The number of piperazine rings is 1. The number of nitrogens with one attached hydrogen (secondary N) is 1. The van der Waals surface area contributed by atoms with Gasteiger partial charge in [0.2, 0.25) is 0 Å². The quantitative estimate of drug-likeness (QED) is 0.896. The summed E-state index contributed by atoms with van der Waals surface area (Å²) in [6.45, 7) is 5.76. The fraction of sp³-hybridized carbons (Fsp3) is 0.647. The number of benzene rings is 1. The molecule has 0 aromatic heterocycles. The Morgan fingerprint density at radius 3 is 3.05 bits per heavy atom. The van der Waals surface area contributed by atoms with Gasteiger partial charge in [0.15, 0.2) is 0 Å². The molecule has 19 heavy (non-hydrogen) atoms. The Bertz CT molecular complexity index is 425. The molecule has 2 nitrogen and oxygen atoms in total. The van der Waals surface area contributed by atoms with E-state index in [-0.39, 0.29) is 0 Å². The highest BCUT2D eigenvalue weighted by Crippen LogP contribution is 2.31. The Morgan fingerprint density at radius 2 is 2.16 bits per heavy atom. The summed E-state index contributed by atoms with van der Waals surface area (Å²) in [7, 11) is 0. The molecule has 104 valence electrons. The van der Waals surface area contributed by atoms with Crippen LogP contribution in [0.5, 0.6) is 0 Å². The Hall–Kier alpha value is -1.02. The lowest BCUT2D eigenvalue weighted by Crippen LogP contribution is -2.51. The SMILES string of the molecule is CCCC1CN(c2cccc3c2CCCC3)CCN1. The molecule has 1 unspecified atom stereocenters. The van der Waals surface area contributed by atoms with Crippen LogP contribution in [0, 0.1) is 0 Å². The molecule has 0 radical (unpaired) electrons. The van der Waals surface area contributed by atoms with E-state index in [0.29, 0.717) is 6.04 Å². The molecule has 1 atom stereocenters. The minimum atomic E-state index is 0.679. The predicted octanol–water partition coefficient (Wildman–Crippen LogP) is 3.14. The van der Waals surface area contributed by atoms with Crippen LogP contribution in [-0.4, -0.2) is 25.7 Å². The molecule has 0 saturated carbocycles. The van der Waals surface area contributed by atoms with E-state index in [2.05, 4.69) is 35.3 Å². The van der Waals surface area contributed by atoms with Gasteiger partial charge in [-0.1, -0.05) is 25.5 Å². The Balaban J connectivity index is 1.81. The van der Waals surface area contributed by atoms with Crippen molar-refractivity contribution in [1.82, 2.24) is 5.32 Å². The van der Waals surface area contributed by atoms with Crippen molar-refractivity contribution in [2.75, 3.05) is 24.5 Å². The van der Waals surface area contributed by atoms with E-state index >= 15 is 0 Å². The van der Waals surface area contributed by atoms with Crippen molar-refractivity contribution in [3.63, 3.8) is 0 Å². The lowest BCUT2D eigenvalue weighted by atomic mass is 9.90. The molecule has 0 bridgehead atoms. The van der Waals surface area contributed by atoms with Gasteiger partial charge in [-0.25, -0.2) is 0 Å². The van der Waals surface area contributed by atoms with Crippen LogP contribution in [0.1, 0.15) is 43.7 Å². The zero-order valence-electron chi connectivity index (χ0n) is 12.1. The van der Waals surface area contributed by atoms with Crippen molar-refractivity contribution in [2.45, 2.75) is 51.5 Å². The van der Waals surface area contributed by atoms with Crippen LogP contribution in [0.25, 0.3) is 0 Å². The average Bonchev–Trinajstić information content (AvgIpc) is 2.47. The molecular weight excluding hydrogens is 232 g/mol. The second kappa shape index (κ2) is 5.96. The van der Waals surface area contributed by atoms with Gasteiger partial charge in [0.25, 0.3) is 0 Å². The Labute approximate surface area is 117 Å². The predicted molar refractivity (Wildman–Crippen MR) is 82.0 cm³/mol. The molecule has 1 aliphatic heterocycles. The molecule has 2 heteroatoms. The van der Waals surface area contributed by atoms with Crippen LogP contribution in [0.15, 0.2) is 18.2 Å². The van der Waals surface area contributed by atoms with Gasteiger partial charge in [-0.15, -0.1) is 0 Å². The van der Waals surface area contributed by atoms with Crippen LogP contribution in [0.4, 0.5) is 5.69 Å². The van der Waals surface area contributed by atoms with Crippen molar-refractivity contribution in [1.29, 1.82) is 0 Å². The van der Waals surface area contributed by atoms with Crippen LogP contribution in [0.3, 0.4) is 0 Å². The highest BCUT2D eigenvalue weighted by molar-refractivity contribution is 5.58. The van der Waals surface area contributed by atoms with E-state index < -0.39 is 0 Å². The van der Waals surface area contributed by atoms with Crippen LogP contribution < -0.4 is 10.2 Å². The molecule has 1 fully saturated rings. The third-order valence-electron chi connectivity index (χ3n) is 4.60. The minimum absolute atomic E-state index is 0.679. The van der Waals surface area contributed by atoms with Gasteiger partial charge in [-0.3, -0.25) is 0 Å². The maximum absolute atomic E-state index is 3.66. The number of aryl methyl sites for hydroxylation is 1. The maximum atomic E-state index is 3.66. The van der Waals surface area contributed by atoms with Gasteiger partial charge < -0.3 is 10.2 Å². The summed E-state index contributed by atoms with van der Waals surface area (Å²) in [6.07, 6.45) is 7.89. The molecule has 0 spiro atoms. The first-order valence-electron chi connectivity index (χ1n) is 7.97.